The molecule has 1 heterocycles. The minimum atomic E-state index is 0.0402. The second kappa shape index (κ2) is 4.38. The van der Waals surface area contributed by atoms with Crippen LogP contribution in [0.5, 0.6) is 0 Å². The first kappa shape index (κ1) is 11.7. The Morgan fingerprint density at radius 1 is 1.41 bits per heavy atom. The van der Waals surface area contributed by atoms with E-state index in [-0.39, 0.29) is 5.60 Å². The molecule has 1 N–H and O–H groups in total. The van der Waals surface area contributed by atoms with E-state index in [1.807, 2.05) is 0 Å². The number of aryl methyl sites for hydroxylation is 1. The van der Waals surface area contributed by atoms with Crippen LogP contribution < -0.4 is 5.32 Å². The van der Waals surface area contributed by atoms with E-state index in [9.17, 15) is 0 Å². The van der Waals surface area contributed by atoms with Crippen molar-refractivity contribution in [3.63, 3.8) is 0 Å². The van der Waals surface area contributed by atoms with Gasteiger partial charge in [-0.3, -0.25) is 0 Å². The van der Waals surface area contributed by atoms with Gasteiger partial charge in [-0.25, -0.2) is 0 Å². The van der Waals surface area contributed by atoms with Gasteiger partial charge in [-0.15, -0.1) is 0 Å². The summed E-state index contributed by atoms with van der Waals surface area (Å²) in [5, 5.41) is 3.50. The Labute approximate surface area is 111 Å². The summed E-state index contributed by atoms with van der Waals surface area (Å²) in [6, 6.07) is 6.63. The Morgan fingerprint density at radius 2 is 2.29 bits per heavy atom. The molecule has 0 saturated carbocycles. The highest BCUT2D eigenvalue weighted by atomic mass is 79.9. The van der Waals surface area contributed by atoms with Gasteiger partial charge in [-0.1, -0.05) is 22.0 Å². The van der Waals surface area contributed by atoms with Crippen molar-refractivity contribution in [3.8, 4) is 0 Å². The molecule has 1 fully saturated rings. The smallest absolute Gasteiger partial charge is 0.0853 e. The van der Waals surface area contributed by atoms with Crippen molar-refractivity contribution in [3.05, 3.63) is 33.8 Å². The van der Waals surface area contributed by atoms with Crippen LogP contribution in [0.1, 0.15) is 24.5 Å². The van der Waals surface area contributed by atoms with Crippen LogP contribution in [0.4, 0.5) is 0 Å². The third kappa shape index (κ3) is 2.28. The van der Waals surface area contributed by atoms with Crippen molar-refractivity contribution < 1.29 is 4.74 Å². The van der Waals surface area contributed by atoms with E-state index >= 15 is 0 Å². The highest BCUT2D eigenvalue weighted by Crippen LogP contribution is 2.34. The molecule has 17 heavy (non-hydrogen) atoms. The first-order valence-corrected chi connectivity index (χ1v) is 7.12. The lowest BCUT2D eigenvalue weighted by Gasteiger charge is -2.44. The van der Waals surface area contributed by atoms with Crippen LogP contribution in [0.2, 0.25) is 0 Å². The maximum Gasteiger partial charge on any atom is 0.0853 e. The summed E-state index contributed by atoms with van der Waals surface area (Å²) >= 11 is 3.54. The van der Waals surface area contributed by atoms with Crippen LogP contribution in [-0.2, 0) is 17.6 Å². The van der Waals surface area contributed by atoms with Gasteiger partial charge in [0.15, 0.2) is 0 Å². The van der Waals surface area contributed by atoms with Gasteiger partial charge in [0, 0.05) is 24.0 Å². The highest BCUT2D eigenvalue weighted by molar-refractivity contribution is 9.10. The van der Waals surface area contributed by atoms with Gasteiger partial charge in [0.2, 0.25) is 0 Å². The third-order valence-corrected chi connectivity index (χ3v) is 4.35. The summed E-state index contributed by atoms with van der Waals surface area (Å²) in [7, 11) is 0. The first-order chi connectivity index (χ1) is 8.17. The second-order valence-corrected chi connectivity index (χ2v) is 6.25. The summed E-state index contributed by atoms with van der Waals surface area (Å²) in [5.74, 6) is 0. The summed E-state index contributed by atoms with van der Waals surface area (Å²) in [6.07, 6.45) is 3.64. The molecule has 1 aliphatic heterocycles. The molecule has 1 aromatic carbocycles. The topological polar surface area (TPSA) is 21.3 Å². The van der Waals surface area contributed by atoms with Gasteiger partial charge < -0.3 is 10.1 Å². The van der Waals surface area contributed by atoms with E-state index in [1.165, 1.54) is 15.6 Å². The van der Waals surface area contributed by atoms with E-state index in [4.69, 9.17) is 4.74 Å². The largest absolute Gasteiger partial charge is 0.369 e. The van der Waals surface area contributed by atoms with Gasteiger partial charge >= 0.3 is 0 Å². The molecular weight excluding hydrogens is 278 g/mol. The van der Waals surface area contributed by atoms with Gasteiger partial charge in [0.25, 0.3) is 0 Å². The van der Waals surface area contributed by atoms with Crippen LogP contribution in [0.3, 0.4) is 0 Å². The van der Waals surface area contributed by atoms with Crippen LogP contribution >= 0.6 is 15.9 Å². The predicted molar refractivity (Wildman–Crippen MR) is 72.3 cm³/mol. The molecule has 0 radical (unpaired) electrons. The molecule has 1 spiro atoms. The minimum Gasteiger partial charge on any atom is -0.369 e. The Morgan fingerprint density at radius 3 is 3.12 bits per heavy atom. The number of ether oxygens (including phenoxy) is 1. The number of fused-ring (bicyclic) bond motifs is 1. The molecule has 3 heteroatoms. The zero-order valence-electron chi connectivity index (χ0n) is 10.1. The molecule has 2 atom stereocenters. The van der Waals surface area contributed by atoms with Crippen molar-refractivity contribution in [2.24, 2.45) is 0 Å². The molecule has 2 nitrogen and oxygen atoms in total. The van der Waals surface area contributed by atoms with E-state index in [2.05, 4.69) is 46.4 Å². The fourth-order valence-electron chi connectivity index (χ4n) is 3.06. The summed E-state index contributed by atoms with van der Waals surface area (Å²) in [5.41, 5.74) is 2.97. The molecule has 92 valence electrons. The summed E-state index contributed by atoms with van der Waals surface area (Å²) in [6.45, 7) is 4.13. The molecule has 1 aromatic rings. The lowest BCUT2D eigenvalue weighted by molar-refractivity contribution is -0.115. The number of rotatable bonds is 0. The Balaban J connectivity index is 1.86. The SMILES string of the molecule is CC1CNCC2(CCc3cc(Br)ccc3C2)O1. The quantitative estimate of drug-likeness (QED) is 0.795. The van der Waals surface area contributed by atoms with Crippen LogP contribution in [0, 0.1) is 0 Å². The zero-order valence-corrected chi connectivity index (χ0v) is 11.7. The summed E-state index contributed by atoms with van der Waals surface area (Å²) < 4.78 is 7.41. The third-order valence-electron chi connectivity index (χ3n) is 3.86. The Kier molecular flexibility index (Phi) is 3.01. The number of morpholine rings is 1. The average Bonchev–Trinajstić information content (AvgIpc) is 2.30. The Hall–Kier alpha value is -0.380. The van der Waals surface area contributed by atoms with Crippen molar-refractivity contribution in [1.82, 2.24) is 5.32 Å². The van der Waals surface area contributed by atoms with Crippen molar-refractivity contribution in [1.29, 1.82) is 0 Å². The minimum absolute atomic E-state index is 0.0402. The predicted octanol–water partition coefficient (Wildman–Crippen LogP) is 2.68. The fraction of sp³-hybridized carbons (Fsp3) is 0.571. The molecule has 0 bridgehead atoms. The second-order valence-electron chi connectivity index (χ2n) is 5.33. The fourth-order valence-corrected chi connectivity index (χ4v) is 3.47. The Bertz CT molecular complexity index is 434. The van der Waals surface area contributed by atoms with Gasteiger partial charge in [-0.05, 0) is 43.0 Å². The zero-order chi connectivity index (χ0) is 11.9. The maximum absolute atomic E-state index is 6.23. The molecule has 1 saturated heterocycles. The number of benzene rings is 1. The van der Waals surface area contributed by atoms with Crippen molar-refractivity contribution in [2.75, 3.05) is 13.1 Å². The average molecular weight is 296 g/mol. The van der Waals surface area contributed by atoms with E-state index in [0.29, 0.717) is 6.10 Å². The normalized spacial score (nSPS) is 32.5. The van der Waals surface area contributed by atoms with E-state index in [1.54, 1.807) is 0 Å². The molecule has 3 rings (SSSR count). The van der Waals surface area contributed by atoms with Gasteiger partial charge in [-0.2, -0.15) is 0 Å². The number of halogens is 1. The van der Waals surface area contributed by atoms with E-state index < -0.39 is 0 Å². The molecular formula is C14H18BrNO. The molecule has 1 aliphatic carbocycles. The highest BCUT2D eigenvalue weighted by Gasteiger charge is 2.38. The van der Waals surface area contributed by atoms with Crippen LogP contribution in [-0.4, -0.2) is 24.8 Å². The molecule has 2 aliphatic rings. The van der Waals surface area contributed by atoms with Crippen molar-refractivity contribution in [2.45, 2.75) is 37.9 Å². The number of hydrogen-bond donors (Lipinski definition) is 1. The lowest BCUT2D eigenvalue weighted by Crippen LogP contribution is -2.55. The summed E-state index contributed by atoms with van der Waals surface area (Å²) in [4.78, 5) is 0. The molecule has 0 amide bonds. The lowest BCUT2D eigenvalue weighted by atomic mass is 9.79. The van der Waals surface area contributed by atoms with Crippen LogP contribution in [0.25, 0.3) is 0 Å². The monoisotopic (exact) mass is 295 g/mol. The maximum atomic E-state index is 6.23. The standard InChI is InChI=1S/C14H18BrNO/c1-10-8-16-9-14(17-10)5-4-11-6-13(15)3-2-12(11)7-14/h2-3,6,10,16H,4-5,7-9H2,1H3. The van der Waals surface area contributed by atoms with Gasteiger partial charge in [0.1, 0.15) is 0 Å². The molecule has 2 unspecified atom stereocenters. The van der Waals surface area contributed by atoms with Crippen LogP contribution in [0.15, 0.2) is 22.7 Å². The van der Waals surface area contributed by atoms with Crippen molar-refractivity contribution >= 4 is 15.9 Å². The van der Waals surface area contributed by atoms with E-state index in [0.717, 1.165) is 32.4 Å². The first-order valence-electron chi connectivity index (χ1n) is 6.33. The molecule has 0 aromatic heterocycles. The number of nitrogens with one attached hydrogen (secondary N) is 1. The number of hydrogen-bond acceptors (Lipinski definition) is 2. The van der Waals surface area contributed by atoms with Gasteiger partial charge in [0.05, 0.1) is 11.7 Å².